The number of amides is 1. The number of aryl methyl sites for hydroxylation is 1. The molecule has 5 heteroatoms. The van der Waals surface area contributed by atoms with Gasteiger partial charge in [0, 0.05) is 30.8 Å². The molecule has 0 aromatic carbocycles. The minimum atomic E-state index is 0.192. The van der Waals surface area contributed by atoms with Gasteiger partial charge in [0.1, 0.15) is 12.1 Å². The van der Waals surface area contributed by atoms with E-state index in [1.807, 2.05) is 17.9 Å². The molecule has 2 fully saturated rings. The predicted molar refractivity (Wildman–Crippen MR) is 63.5 cm³/mol. The smallest absolute Gasteiger partial charge is 0.225 e. The number of hydrogen-bond donors (Lipinski definition) is 1. The van der Waals surface area contributed by atoms with Crippen molar-refractivity contribution in [3.05, 3.63) is 18.1 Å². The van der Waals surface area contributed by atoms with Gasteiger partial charge < -0.3 is 10.2 Å². The third-order valence-corrected chi connectivity index (χ3v) is 3.30. The molecule has 2 aliphatic rings. The second kappa shape index (κ2) is 3.98. The molecule has 1 amide bonds. The topological polar surface area (TPSA) is 58.1 Å². The van der Waals surface area contributed by atoms with Crippen LogP contribution in [0.25, 0.3) is 0 Å². The van der Waals surface area contributed by atoms with E-state index in [1.54, 1.807) is 6.33 Å². The second-order valence-corrected chi connectivity index (χ2v) is 4.87. The number of aromatic nitrogens is 2. The fraction of sp³-hybridized carbons (Fsp3) is 0.583. The molecule has 1 atom stereocenters. The van der Waals surface area contributed by atoms with E-state index in [-0.39, 0.29) is 11.9 Å². The van der Waals surface area contributed by atoms with Crippen LogP contribution in [-0.4, -0.2) is 39.4 Å². The highest BCUT2D eigenvalue weighted by molar-refractivity contribution is 5.80. The number of carbonyl (C=O) groups is 1. The van der Waals surface area contributed by atoms with E-state index < -0.39 is 0 Å². The number of nitrogens with zero attached hydrogens (tertiary/aromatic N) is 3. The van der Waals surface area contributed by atoms with E-state index in [4.69, 9.17) is 0 Å². The molecule has 1 N–H and O–H groups in total. The van der Waals surface area contributed by atoms with Crippen molar-refractivity contribution in [2.45, 2.75) is 38.3 Å². The van der Waals surface area contributed by atoms with Gasteiger partial charge in [-0.05, 0) is 19.8 Å². The number of rotatable bonds is 3. The first kappa shape index (κ1) is 10.5. The molecule has 3 rings (SSSR count). The fourth-order valence-electron chi connectivity index (χ4n) is 2.31. The summed E-state index contributed by atoms with van der Waals surface area (Å²) in [6.45, 7) is 2.75. The summed E-state index contributed by atoms with van der Waals surface area (Å²) in [6.07, 6.45) is 4.47. The molecule has 1 unspecified atom stereocenters. The van der Waals surface area contributed by atoms with Gasteiger partial charge in [-0.15, -0.1) is 0 Å². The highest BCUT2D eigenvalue weighted by atomic mass is 16.2. The molecule has 1 aliphatic carbocycles. The predicted octanol–water partition coefficient (Wildman–Crippen LogP) is 0.960. The Bertz CT molecular complexity index is 444. The van der Waals surface area contributed by atoms with Crippen LogP contribution in [0.2, 0.25) is 0 Å². The lowest BCUT2D eigenvalue weighted by Crippen LogP contribution is -2.29. The van der Waals surface area contributed by atoms with Crippen LogP contribution in [0.1, 0.15) is 25.0 Å². The van der Waals surface area contributed by atoms with Gasteiger partial charge in [-0.3, -0.25) is 4.79 Å². The summed E-state index contributed by atoms with van der Waals surface area (Å²) in [5, 5.41) is 3.31. The third-order valence-electron chi connectivity index (χ3n) is 3.30. The normalized spacial score (nSPS) is 24.2. The van der Waals surface area contributed by atoms with Crippen molar-refractivity contribution in [3.63, 3.8) is 0 Å². The first-order chi connectivity index (χ1) is 8.22. The van der Waals surface area contributed by atoms with Crippen molar-refractivity contribution < 1.29 is 4.79 Å². The first-order valence-corrected chi connectivity index (χ1v) is 6.07. The van der Waals surface area contributed by atoms with Crippen molar-refractivity contribution in [2.75, 3.05) is 11.9 Å². The lowest BCUT2D eigenvalue weighted by atomic mass is 10.2. The number of nitrogens with one attached hydrogen (secondary N) is 1. The third kappa shape index (κ3) is 2.23. The lowest BCUT2D eigenvalue weighted by Gasteiger charge is -2.16. The summed E-state index contributed by atoms with van der Waals surface area (Å²) in [5.74, 6) is 1.09. The Labute approximate surface area is 100 Å². The summed E-state index contributed by atoms with van der Waals surface area (Å²) in [7, 11) is 0. The minimum absolute atomic E-state index is 0.192. The standard InChI is InChI=1S/C12H16N4O/c1-8-4-11(14-7-13-8)15-9-5-12(17)16(6-9)10-2-3-10/h4,7,9-10H,2-3,5-6H2,1H3,(H,13,14,15). The number of hydrogen-bond acceptors (Lipinski definition) is 4. The first-order valence-electron chi connectivity index (χ1n) is 6.07. The average molecular weight is 232 g/mol. The Balaban J connectivity index is 1.65. The SMILES string of the molecule is Cc1cc(NC2CC(=O)N(C3CC3)C2)ncn1. The van der Waals surface area contributed by atoms with E-state index in [2.05, 4.69) is 15.3 Å². The van der Waals surface area contributed by atoms with Gasteiger partial charge in [0.2, 0.25) is 5.91 Å². The quantitative estimate of drug-likeness (QED) is 0.843. The summed E-state index contributed by atoms with van der Waals surface area (Å²) >= 11 is 0. The molecule has 1 aromatic rings. The van der Waals surface area contributed by atoms with Crippen LogP contribution in [-0.2, 0) is 4.79 Å². The van der Waals surface area contributed by atoms with Crippen molar-refractivity contribution in [2.24, 2.45) is 0 Å². The van der Waals surface area contributed by atoms with Crippen LogP contribution in [0.4, 0.5) is 5.82 Å². The molecule has 0 radical (unpaired) electrons. The van der Waals surface area contributed by atoms with Gasteiger partial charge in [-0.1, -0.05) is 0 Å². The van der Waals surface area contributed by atoms with Crippen LogP contribution in [0.5, 0.6) is 0 Å². The van der Waals surface area contributed by atoms with Crippen LogP contribution in [0.3, 0.4) is 0 Å². The molecule has 1 aliphatic heterocycles. The van der Waals surface area contributed by atoms with E-state index in [0.717, 1.165) is 18.1 Å². The Kier molecular flexibility index (Phi) is 2.46. The van der Waals surface area contributed by atoms with E-state index in [1.165, 1.54) is 12.8 Å². The average Bonchev–Trinajstić information content (AvgIpc) is 3.04. The summed E-state index contributed by atoms with van der Waals surface area (Å²) in [5.41, 5.74) is 0.936. The second-order valence-electron chi connectivity index (χ2n) is 4.87. The fourth-order valence-corrected chi connectivity index (χ4v) is 2.31. The van der Waals surface area contributed by atoms with E-state index >= 15 is 0 Å². The molecule has 1 saturated carbocycles. The van der Waals surface area contributed by atoms with Crippen molar-refractivity contribution in [1.29, 1.82) is 0 Å². The molecule has 1 saturated heterocycles. The van der Waals surface area contributed by atoms with Gasteiger partial charge in [0.25, 0.3) is 0 Å². The van der Waals surface area contributed by atoms with Crippen LogP contribution < -0.4 is 5.32 Å². The highest BCUT2D eigenvalue weighted by Crippen LogP contribution is 2.31. The zero-order chi connectivity index (χ0) is 11.8. The van der Waals surface area contributed by atoms with Gasteiger partial charge in [-0.2, -0.15) is 0 Å². The number of carbonyl (C=O) groups excluding carboxylic acids is 1. The van der Waals surface area contributed by atoms with Crippen molar-refractivity contribution in [3.8, 4) is 0 Å². The van der Waals surface area contributed by atoms with Crippen molar-refractivity contribution >= 4 is 11.7 Å². The molecular formula is C12H16N4O. The molecule has 90 valence electrons. The maximum atomic E-state index is 11.8. The summed E-state index contributed by atoms with van der Waals surface area (Å²) in [6, 6.07) is 2.61. The zero-order valence-corrected chi connectivity index (χ0v) is 9.89. The van der Waals surface area contributed by atoms with Crippen molar-refractivity contribution in [1.82, 2.24) is 14.9 Å². The number of anilines is 1. The minimum Gasteiger partial charge on any atom is -0.365 e. The van der Waals surface area contributed by atoms with Gasteiger partial charge in [0.15, 0.2) is 0 Å². The molecule has 2 heterocycles. The summed E-state index contributed by atoms with van der Waals surface area (Å²) < 4.78 is 0. The zero-order valence-electron chi connectivity index (χ0n) is 9.89. The Morgan fingerprint density at radius 3 is 2.94 bits per heavy atom. The molecule has 0 bridgehead atoms. The van der Waals surface area contributed by atoms with Gasteiger partial charge in [-0.25, -0.2) is 9.97 Å². The molecule has 0 spiro atoms. The lowest BCUT2D eigenvalue weighted by molar-refractivity contribution is -0.128. The largest absolute Gasteiger partial charge is 0.365 e. The number of likely N-dealkylation sites (tertiary alicyclic amines) is 1. The van der Waals surface area contributed by atoms with Gasteiger partial charge in [0.05, 0.1) is 6.04 Å². The van der Waals surface area contributed by atoms with E-state index in [9.17, 15) is 4.79 Å². The Morgan fingerprint density at radius 1 is 1.41 bits per heavy atom. The monoisotopic (exact) mass is 232 g/mol. The summed E-state index contributed by atoms with van der Waals surface area (Å²) in [4.78, 5) is 22.0. The van der Waals surface area contributed by atoms with Crippen LogP contribution >= 0.6 is 0 Å². The van der Waals surface area contributed by atoms with E-state index in [0.29, 0.717) is 12.5 Å². The molecular weight excluding hydrogens is 216 g/mol. The Hall–Kier alpha value is -1.65. The maximum absolute atomic E-state index is 11.8. The maximum Gasteiger partial charge on any atom is 0.225 e. The van der Waals surface area contributed by atoms with Gasteiger partial charge >= 0.3 is 0 Å². The highest BCUT2D eigenvalue weighted by Gasteiger charge is 2.39. The molecule has 5 nitrogen and oxygen atoms in total. The molecule has 17 heavy (non-hydrogen) atoms. The molecule has 1 aromatic heterocycles. The van der Waals surface area contributed by atoms with Crippen LogP contribution in [0, 0.1) is 6.92 Å². The van der Waals surface area contributed by atoms with Crippen LogP contribution in [0.15, 0.2) is 12.4 Å². The Morgan fingerprint density at radius 2 is 2.24 bits per heavy atom.